The van der Waals surface area contributed by atoms with E-state index in [1.807, 2.05) is 6.92 Å². The molecule has 4 bridgehead atoms. The lowest BCUT2D eigenvalue weighted by Crippen LogP contribution is -2.47. The van der Waals surface area contributed by atoms with E-state index in [1.54, 1.807) is 24.3 Å². The van der Waals surface area contributed by atoms with Crippen LogP contribution in [0.4, 0.5) is 21.8 Å². The molecule has 6 N–H and O–H groups in total. The molecule has 10 heteroatoms. The Morgan fingerprint density at radius 2 is 2.19 bits per heavy atom. The number of hydrogen-bond acceptors (Lipinski definition) is 8. The highest BCUT2D eigenvalue weighted by molar-refractivity contribution is 5.79. The number of amides is 1. The van der Waals surface area contributed by atoms with Crippen LogP contribution in [0.15, 0.2) is 30.5 Å². The molecule has 1 aliphatic carbocycles. The number of hydrogen-bond donors (Lipinski definition) is 5. The predicted octanol–water partition coefficient (Wildman–Crippen LogP) is 1.40. The van der Waals surface area contributed by atoms with Crippen LogP contribution < -0.4 is 21.1 Å². The number of carbonyl (C=O) groups is 1. The summed E-state index contributed by atoms with van der Waals surface area (Å²) in [5, 5.41) is 27.5. The number of rotatable bonds is 2. The van der Waals surface area contributed by atoms with E-state index in [-0.39, 0.29) is 24.3 Å². The monoisotopic (exact) mass is 431 g/mol. The zero-order valence-corrected chi connectivity index (χ0v) is 17.0. The van der Waals surface area contributed by atoms with Gasteiger partial charge in [0.15, 0.2) is 11.6 Å². The molecule has 0 saturated heterocycles. The first kappa shape index (κ1) is 21.3. The van der Waals surface area contributed by atoms with Gasteiger partial charge in [0, 0.05) is 23.7 Å². The smallest absolute Gasteiger partial charge is 0.229 e. The summed E-state index contributed by atoms with van der Waals surface area (Å²) in [5.41, 5.74) is 6.28. The van der Waals surface area contributed by atoms with Crippen molar-refractivity contribution < 1.29 is 24.1 Å². The van der Waals surface area contributed by atoms with Crippen LogP contribution in [0.5, 0.6) is 5.75 Å². The van der Waals surface area contributed by atoms with Gasteiger partial charge < -0.3 is 31.3 Å². The minimum Gasteiger partial charge on any atom is -0.491 e. The molecule has 1 fully saturated rings. The fourth-order valence-corrected chi connectivity index (χ4v) is 4.63. The summed E-state index contributed by atoms with van der Waals surface area (Å²) in [5.74, 6) is -2.10. The first-order chi connectivity index (χ1) is 14.9. The Hall–Kier alpha value is -2.98. The molecule has 0 spiro atoms. The molecule has 1 aliphatic heterocycles. The van der Waals surface area contributed by atoms with Crippen LogP contribution in [-0.4, -0.2) is 50.9 Å². The van der Waals surface area contributed by atoms with Gasteiger partial charge in [-0.15, -0.1) is 0 Å². The molecule has 9 nitrogen and oxygen atoms in total. The van der Waals surface area contributed by atoms with E-state index >= 15 is 0 Å². The number of aromatic nitrogens is 2. The second kappa shape index (κ2) is 8.64. The molecule has 2 unspecified atom stereocenters. The van der Waals surface area contributed by atoms with Gasteiger partial charge in [-0.25, -0.2) is 9.37 Å². The highest BCUT2D eigenvalue weighted by Gasteiger charge is 2.49. The number of aliphatic hydroxyl groups is 2. The summed E-state index contributed by atoms with van der Waals surface area (Å²) >= 11 is 0. The number of benzene rings is 1. The number of nitrogens with zero attached hydrogens (tertiary/aromatic N) is 2. The normalized spacial score (nSPS) is 30.2. The van der Waals surface area contributed by atoms with Gasteiger partial charge in [0.25, 0.3) is 0 Å². The molecule has 2 heterocycles. The van der Waals surface area contributed by atoms with Crippen LogP contribution in [-0.2, 0) is 4.79 Å². The lowest BCUT2D eigenvalue weighted by atomic mass is 9.88. The van der Waals surface area contributed by atoms with Gasteiger partial charge in [0.1, 0.15) is 18.5 Å². The van der Waals surface area contributed by atoms with Crippen molar-refractivity contribution in [2.75, 3.05) is 17.2 Å². The number of nitrogens with one attached hydrogen (secondary N) is 2. The topological polar surface area (TPSA) is 143 Å². The van der Waals surface area contributed by atoms with Crippen molar-refractivity contribution in [1.29, 1.82) is 0 Å². The predicted molar refractivity (Wildman–Crippen MR) is 111 cm³/mol. The highest BCUT2D eigenvalue weighted by Crippen LogP contribution is 2.42. The Balaban J connectivity index is 1.77. The van der Waals surface area contributed by atoms with Gasteiger partial charge in [0.2, 0.25) is 11.9 Å². The number of anilines is 3. The average molecular weight is 431 g/mol. The first-order valence-corrected chi connectivity index (χ1v) is 10.3. The number of carbonyl (C=O) groups excluding carboxylic acids is 1. The van der Waals surface area contributed by atoms with Gasteiger partial charge in [-0.3, -0.25) is 4.79 Å². The summed E-state index contributed by atoms with van der Waals surface area (Å²) < 4.78 is 20.2. The van der Waals surface area contributed by atoms with Gasteiger partial charge in [-0.1, -0.05) is 19.4 Å². The number of halogens is 1. The van der Waals surface area contributed by atoms with Gasteiger partial charge in [0.05, 0.1) is 18.2 Å². The maximum atomic E-state index is 14.6. The molecule has 166 valence electrons. The molecule has 2 aliphatic rings. The molecule has 1 aromatic carbocycles. The van der Waals surface area contributed by atoms with E-state index in [0.717, 1.165) is 6.20 Å². The van der Waals surface area contributed by atoms with Crippen molar-refractivity contribution in [1.82, 2.24) is 9.97 Å². The van der Waals surface area contributed by atoms with Gasteiger partial charge >= 0.3 is 0 Å². The zero-order chi connectivity index (χ0) is 22.1. The van der Waals surface area contributed by atoms with Crippen molar-refractivity contribution in [2.24, 2.45) is 23.5 Å². The molecule has 1 aromatic heterocycles. The van der Waals surface area contributed by atoms with Crippen LogP contribution in [0.1, 0.15) is 19.8 Å². The molecule has 6 atom stereocenters. The van der Waals surface area contributed by atoms with E-state index in [0.29, 0.717) is 24.3 Å². The Morgan fingerprint density at radius 3 is 2.94 bits per heavy atom. The van der Waals surface area contributed by atoms with Crippen molar-refractivity contribution in [3.8, 4) is 5.75 Å². The molecular formula is C21H26FN5O4. The van der Waals surface area contributed by atoms with E-state index in [1.165, 1.54) is 0 Å². The van der Waals surface area contributed by atoms with E-state index in [4.69, 9.17) is 10.5 Å². The average Bonchev–Trinajstić information content (AvgIpc) is 3.12. The molecular weight excluding hydrogens is 405 g/mol. The van der Waals surface area contributed by atoms with Crippen LogP contribution in [0, 0.1) is 23.6 Å². The standard InChI is InChI=1S/C21H26FN5O4/c1-2-10-6-13-17(16(10)19(23)30)26-20-14(22)8-24-21(27-20)25-11-4-3-5-12(7-11)31-9-15(28)18(13)29/h3-5,7-8,10,13,15-18,28-29H,2,6,9H2,1H3,(H2,23,30)(H2,24,25,26,27)/t10-,13+,15?,16+,17-,18?/m1/s1. The van der Waals surface area contributed by atoms with Crippen molar-refractivity contribution >= 4 is 23.4 Å². The quantitative estimate of drug-likeness (QED) is 0.480. The Bertz CT molecular complexity index is 961. The SMILES string of the molecule is CC[C@@H]1C[C@@H]2C(O)C(O)COc3cccc(c3)Nc3ncc(F)c(n3)N[C@H]2[C@H]1C(N)=O. The molecule has 31 heavy (non-hydrogen) atoms. The summed E-state index contributed by atoms with van der Waals surface area (Å²) in [6, 6.07) is 6.17. The summed E-state index contributed by atoms with van der Waals surface area (Å²) in [6.45, 7) is 1.77. The minimum atomic E-state index is -1.22. The molecule has 1 amide bonds. The van der Waals surface area contributed by atoms with E-state index in [9.17, 15) is 19.4 Å². The fourth-order valence-electron chi connectivity index (χ4n) is 4.63. The summed E-state index contributed by atoms with van der Waals surface area (Å²) in [6.07, 6.45) is -0.330. The second-order valence-electron chi connectivity index (χ2n) is 8.08. The third kappa shape index (κ3) is 4.26. The van der Waals surface area contributed by atoms with E-state index < -0.39 is 41.8 Å². The third-order valence-corrected chi connectivity index (χ3v) is 6.18. The Kier molecular flexibility index (Phi) is 5.92. The zero-order valence-electron chi connectivity index (χ0n) is 17.0. The minimum absolute atomic E-state index is 0.110. The highest BCUT2D eigenvalue weighted by atomic mass is 19.1. The van der Waals surface area contributed by atoms with Crippen molar-refractivity contribution in [3.63, 3.8) is 0 Å². The number of fused-ring (bicyclic) bond motifs is 5. The molecule has 2 aromatic rings. The largest absolute Gasteiger partial charge is 0.491 e. The maximum Gasteiger partial charge on any atom is 0.229 e. The molecule has 4 rings (SSSR count). The van der Waals surface area contributed by atoms with Crippen LogP contribution >= 0.6 is 0 Å². The third-order valence-electron chi connectivity index (χ3n) is 6.18. The fraction of sp³-hybridized carbons (Fsp3) is 0.476. The number of nitrogens with two attached hydrogens (primary N) is 1. The van der Waals surface area contributed by atoms with Crippen molar-refractivity contribution in [2.45, 2.75) is 38.0 Å². The lowest BCUT2D eigenvalue weighted by Gasteiger charge is -2.31. The first-order valence-electron chi connectivity index (χ1n) is 10.3. The van der Waals surface area contributed by atoms with Crippen LogP contribution in [0.3, 0.4) is 0 Å². The Labute approximate surface area is 178 Å². The number of ether oxygens (including phenoxy) is 1. The lowest BCUT2D eigenvalue weighted by molar-refractivity contribution is -0.123. The molecule has 0 radical (unpaired) electrons. The second-order valence-corrected chi connectivity index (χ2v) is 8.08. The van der Waals surface area contributed by atoms with Crippen LogP contribution in [0.25, 0.3) is 0 Å². The van der Waals surface area contributed by atoms with Gasteiger partial charge in [-0.05, 0) is 24.5 Å². The Morgan fingerprint density at radius 1 is 1.39 bits per heavy atom. The van der Waals surface area contributed by atoms with E-state index in [2.05, 4.69) is 20.6 Å². The van der Waals surface area contributed by atoms with Gasteiger partial charge in [-0.2, -0.15) is 4.98 Å². The summed E-state index contributed by atoms with van der Waals surface area (Å²) in [4.78, 5) is 20.5. The molecule has 1 saturated carbocycles. The van der Waals surface area contributed by atoms with Crippen molar-refractivity contribution in [3.05, 3.63) is 36.3 Å². The number of aliphatic hydroxyl groups excluding tert-OH is 2. The summed E-state index contributed by atoms with van der Waals surface area (Å²) in [7, 11) is 0. The number of primary amides is 1. The van der Waals surface area contributed by atoms with Crippen LogP contribution in [0.2, 0.25) is 0 Å². The maximum absolute atomic E-state index is 14.6.